The van der Waals surface area contributed by atoms with E-state index in [-0.39, 0.29) is 5.78 Å². The van der Waals surface area contributed by atoms with Crippen molar-refractivity contribution in [1.82, 2.24) is 0 Å². The van der Waals surface area contributed by atoms with E-state index in [1.807, 2.05) is 18.2 Å². The van der Waals surface area contributed by atoms with Crippen molar-refractivity contribution in [2.45, 2.75) is 17.1 Å². The highest BCUT2D eigenvalue weighted by Crippen LogP contribution is 2.35. The van der Waals surface area contributed by atoms with E-state index in [9.17, 15) is 4.79 Å². The van der Waals surface area contributed by atoms with Crippen LogP contribution >= 0.6 is 11.8 Å². The van der Waals surface area contributed by atoms with Gasteiger partial charge in [-0.25, -0.2) is 0 Å². The third-order valence-corrected chi connectivity index (χ3v) is 3.66. The van der Waals surface area contributed by atoms with Crippen molar-refractivity contribution in [3.63, 3.8) is 0 Å². The van der Waals surface area contributed by atoms with Gasteiger partial charge >= 0.3 is 0 Å². The van der Waals surface area contributed by atoms with Crippen LogP contribution in [0.15, 0.2) is 23.1 Å². The molecule has 1 aromatic carbocycles. The second-order valence-electron chi connectivity index (χ2n) is 3.67. The molecular weight excluding hydrogens is 224 g/mol. The lowest BCUT2D eigenvalue weighted by atomic mass is 10.1. The molecule has 1 fully saturated rings. The molecule has 0 spiro atoms. The minimum absolute atomic E-state index is 0.0418. The fourth-order valence-electron chi connectivity index (χ4n) is 1.59. The fourth-order valence-corrected chi connectivity index (χ4v) is 2.79. The smallest absolute Gasteiger partial charge is 0.164 e. The zero-order chi connectivity index (χ0) is 11.5. The third kappa shape index (κ3) is 2.23. The van der Waals surface area contributed by atoms with Crippen LogP contribution < -0.4 is 4.74 Å². The highest BCUT2D eigenvalue weighted by Gasteiger charge is 2.23. The van der Waals surface area contributed by atoms with E-state index < -0.39 is 0 Å². The van der Waals surface area contributed by atoms with Crippen LogP contribution in [0.5, 0.6) is 5.75 Å². The van der Waals surface area contributed by atoms with Gasteiger partial charge in [-0.2, -0.15) is 0 Å². The first-order chi connectivity index (χ1) is 7.72. The normalized spacial score (nSPS) is 15.6. The molecule has 0 aliphatic carbocycles. The van der Waals surface area contributed by atoms with Crippen molar-refractivity contribution in [2.24, 2.45) is 0 Å². The largest absolute Gasteiger partial charge is 0.496 e. The Morgan fingerprint density at radius 1 is 1.50 bits per heavy atom. The van der Waals surface area contributed by atoms with Gasteiger partial charge in [-0.05, 0) is 19.1 Å². The molecule has 3 nitrogen and oxygen atoms in total. The Balaban J connectivity index is 2.30. The molecule has 1 saturated heterocycles. The van der Waals surface area contributed by atoms with Crippen LogP contribution in [0, 0.1) is 0 Å². The van der Waals surface area contributed by atoms with E-state index in [0.29, 0.717) is 16.6 Å². The van der Waals surface area contributed by atoms with Gasteiger partial charge in [0.15, 0.2) is 5.78 Å². The minimum Gasteiger partial charge on any atom is -0.496 e. The van der Waals surface area contributed by atoms with Crippen molar-refractivity contribution in [1.29, 1.82) is 0 Å². The molecule has 0 radical (unpaired) electrons. The average Bonchev–Trinajstić information content (AvgIpc) is 2.22. The molecule has 1 aliphatic rings. The van der Waals surface area contributed by atoms with Gasteiger partial charge in [-0.3, -0.25) is 4.79 Å². The Morgan fingerprint density at radius 3 is 2.75 bits per heavy atom. The van der Waals surface area contributed by atoms with Gasteiger partial charge < -0.3 is 9.47 Å². The number of carbonyl (C=O) groups is 1. The summed E-state index contributed by atoms with van der Waals surface area (Å²) in [4.78, 5) is 12.6. The molecule has 4 heteroatoms. The topological polar surface area (TPSA) is 35.5 Å². The summed E-state index contributed by atoms with van der Waals surface area (Å²) in [6.45, 7) is 3.09. The molecule has 16 heavy (non-hydrogen) atoms. The summed E-state index contributed by atoms with van der Waals surface area (Å²) in [5.41, 5.74) is 0.682. The highest BCUT2D eigenvalue weighted by atomic mass is 32.2. The van der Waals surface area contributed by atoms with Crippen molar-refractivity contribution in [2.75, 3.05) is 20.3 Å². The first kappa shape index (κ1) is 11.5. The molecule has 0 saturated carbocycles. The molecule has 1 heterocycles. The van der Waals surface area contributed by atoms with E-state index in [1.165, 1.54) is 0 Å². The molecule has 86 valence electrons. The molecule has 1 aromatic rings. The molecule has 0 unspecified atom stereocenters. The van der Waals surface area contributed by atoms with E-state index >= 15 is 0 Å². The van der Waals surface area contributed by atoms with Crippen molar-refractivity contribution < 1.29 is 14.3 Å². The number of ether oxygens (including phenoxy) is 2. The van der Waals surface area contributed by atoms with Gasteiger partial charge in [-0.1, -0.05) is 6.07 Å². The molecule has 0 aromatic heterocycles. The number of Topliss-reactive ketones (excluding diaryl/α,β-unsaturated/α-hetero) is 1. The molecule has 1 aliphatic heterocycles. The fraction of sp³-hybridized carbons (Fsp3) is 0.417. The van der Waals surface area contributed by atoms with E-state index in [2.05, 4.69) is 0 Å². The summed E-state index contributed by atoms with van der Waals surface area (Å²) in [6.07, 6.45) is 0. The number of carbonyl (C=O) groups excluding carboxylic acids is 1. The second kappa shape index (κ2) is 4.89. The minimum atomic E-state index is 0.0418. The Hall–Kier alpha value is -1.00. The Labute approximate surface area is 99.1 Å². The summed E-state index contributed by atoms with van der Waals surface area (Å²) >= 11 is 1.69. The van der Waals surface area contributed by atoms with Gasteiger partial charge in [0, 0.05) is 4.90 Å². The number of benzene rings is 1. The quantitative estimate of drug-likeness (QED) is 0.754. The van der Waals surface area contributed by atoms with Crippen molar-refractivity contribution >= 4 is 17.5 Å². The molecule has 0 atom stereocenters. The summed E-state index contributed by atoms with van der Waals surface area (Å²) in [7, 11) is 1.59. The Bertz CT molecular complexity index is 399. The van der Waals surface area contributed by atoms with Gasteiger partial charge in [0.25, 0.3) is 0 Å². The first-order valence-corrected chi connectivity index (χ1v) is 6.02. The zero-order valence-electron chi connectivity index (χ0n) is 9.36. The van der Waals surface area contributed by atoms with Crippen molar-refractivity contribution in [3.8, 4) is 5.75 Å². The van der Waals surface area contributed by atoms with Crippen LogP contribution in [0.2, 0.25) is 0 Å². The van der Waals surface area contributed by atoms with Crippen LogP contribution in [0.4, 0.5) is 0 Å². The number of rotatable bonds is 4. The van der Waals surface area contributed by atoms with E-state index in [0.717, 1.165) is 18.1 Å². The Kier molecular flexibility index (Phi) is 3.51. The van der Waals surface area contributed by atoms with E-state index in [1.54, 1.807) is 25.8 Å². The summed E-state index contributed by atoms with van der Waals surface area (Å²) in [5, 5.41) is 0.463. The molecule has 0 N–H and O–H groups in total. The SMILES string of the molecule is COc1cccc(SC2COC2)c1C(C)=O. The maximum absolute atomic E-state index is 11.6. The summed E-state index contributed by atoms with van der Waals surface area (Å²) in [6, 6.07) is 5.69. The lowest BCUT2D eigenvalue weighted by Crippen LogP contribution is -2.30. The first-order valence-electron chi connectivity index (χ1n) is 5.14. The van der Waals surface area contributed by atoms with Crippen LogP contribution in [0.1, 0.15) is 17.3 Å². The highest BCUT2D eigenvalue weighted by molar-refractivity contribution is 8.00. The number of hydrogen-bond donors (Lipinski definition) is 0. The molecule has 0 bridgehead atoms. The Morgan fingerprint density at radius 2 is 2.25 bits per heavy atom. The number of methoxy groups -OCH3 is 1. The van der Waals surface area contributed by atoms with Gasteiger partial charge in [0.05, 0.1) is 31.1 Å². The summed E-state index contributed by atoms with van der Waals surface area (Å²) < 4.78 is 10.3. The van der Waals surface area contributed by atoms with Crippen LogP contribution in [0.25, 0.3) is 0 Å². The zero-order valence-corrected chi connectivity index (χ0v) is 10.2. The predicted octanol–water partition coefficient (Wildman–Crippen LogP) is 2.39. The molecular formula is C12H14O3S. The average molecular weight is 238 g/mol. The lowest BCUT2D eigenvalue weighted by Gasteiger charge is -2.26. The maximum atomic E-state index is 11.6. The third-order valence-electron chi connectivity index (χ3n) is 2.46. The van der Waals surface area contributed by atoms with Crippen LogP contribution in [-0.2, 0) is 4.74 Å². The lowest BCUT2D eigenvalue weighted by molar-refractivity contribution is 0.0455. The second-order valence-corrected chi connectivity index (χ2v) is 5.01. The van der Waals surface area contributed by atoms with Crippen LogP contribution in [0.3, 0.4) is 0 Å². The van der Waals surface area contributed by atoms with Crippen molar-refractivity contribution in [3.05, 3.63) is 23.8 Å². The standard InChI is InChI=1S/C12H14O3S/c1-8(13)12-10(14-2)4-3-5-11(12)16-9-6-15-7-9/h3-5,9H,6-7H2,1-2H3. The van der Waals surface area contributed by atoms with Gasteiger partial charge in [-0.15, -0.1) is 11.8 Å². The molecule has 2 rings (SSSR count). The predicted molar refractivity (Wildman–Crippen MR) is 63.5 cm³/mol. The van der Waals surface area contributed by atoms with Gasteiger partial charge in [0.1, 0.15) is 5.75 Å². The van der Waals surface area contributed by atoms with Gasteiger partial charge in [0.2, 0.25) is 0 Å². The molecule has 0 amide bonds. The number of thioether (sulfide) groups is 1. The maximum Gasteiger partial charge on any atom is 0.164 e. The number of ketones is 1. The number of hydrogen-bond acceptors (Lipinski definition) is 4. The summed E-state index contributed by atoms with van der Waals surface area (Å²) in [5.74, 6) is 0.693. The van der Waals surface area contributed by atoms with E-state index in [4.69, 9.17) is 9.47 Å². The monoisotopic (exact) mass is 238 g/mol. The van der Waals surface area contributed by atoms with Crippen LogP contribution in [-0.4, -0.2) is 31.4 Å².